The van der Waals surface area contributed by atoms with Gasteiger partial charge in [0.1, 0.15) is 0 Å². The molecule has 0 aliphatic carbocycles. The Balaban J connectivity index is 2.06. The van der Waals surface area contributed by atoms with Crippen LogP contribution in [0.2, 0.25) is 0 Å². The van der Waals surface area contributed by atoms with Crippen LogP contribution in [0.1, 0.15) is 38.2 Å². The molecule has 1 aromatic rings. The van der Waals surface area contributed by atoms with Gasteiger partial charge in [0.05, 0.1) is 0 Å². The lowest BCUT2D eigenvalue weighted by Crippen LogP contribution is -2.23. The van der Waals surface area contributed by atoms with Crippen LogP contribution in [0.3, 0.4) is 0 Å². The Morgan fingerprint density at radius 3 is 2.81 bits per heavy atom. The molecule has 1 heterocycles. The van der Waals surface area contributed by atoms with Crippen LogP contribution in [-0.2, 0) is 4.79 Å². The number of anilines is 2. The Labute approximate surface area is 127 Å². The summed E-state index contributed by atoms with van der Waals surface area (Å²) in [6.07, 6.45) is 4.11. The minimum atomic E-state index is 0.0614. The molecule has 116 valence electrons. The summed E-state index contributed by atoms with van der Waals surface area (Å²) in [7, 11) is 2.19. The maximum absolute atomic E-state index is 11.6. The monoisotopic (exact) mass is 289 g/mol. The first-order chi connectivity index (χ1) is 10.1. The van der Waals surface area contributed by atoms with Gasteiger partial charge in [-0.25, -0.2) is 0 Å². The van der Waals surface area contributed by atoms with Gasteiger partial charge in [0.15, 0.2) is 0 Å². The molecule has 1 saturated heterocycles. The maximum atomic E-state index is 11.6. The van der Waals surface area contributed by atoms with Gasteiger partial charge in [-0.05, 0) is 64.0 Å². The average molecular weight is 289 g/mol. The van der Waals surface area contributed by atoms with Crippen LogP contribution in [-0.4, -0.2) is 37.0 Å². The van der Waals surface area contributed by atoms with E-state index < -0.39 is 0 Å². The highest BCUT2D eigenvalue weighted by Gasteiger charge is 2.16. The number of likely N-dealkylation sites (tertiary alicyclic amines) is 1. The molecule has 4 heteroatoms. The third-order valence-corrected chi connectivity index (χ3v) is 4.24. The minimum absolute atomic E-state index is 0.0614. The van der Waals surface area contributed by atoms with E-state index in [0.29, 0.717) is 12.5 Å². The Kier molecular flexibility index (Phi) is 5.62. The molecular formula is C17H27N3O. The fraction of sp³-hybridized carbons (Fsp3) is 0.588. The first-order valence-electron chi connectivity index (χ1n) is 7.94. The molecule has 0 bridgehead atoms. The highest BCUT2D eigenvalue weighted by molar-refractivity contribution is 5.92. The van der Waals surface area contributed by atoms with Crippen LogP contribution in [0.4, 0.5) is 11.4 Å². The van der Waals surface area contributed by atoms with Crippen LogP contribution in [0, 0.1) is 6.92 Å². The predicted molar refractivity (Wildman–Crippen MR) is 88.9 cm³/mol. The number of nitrogens with one attached hydrogen (secondary N) is 2. The molecule has 21 heavy (non-hydrogen) atoms. The number of carbonyl (C=O) groups excluding carboxylic acids is 1. The summed E-state index contributed by atoms with van der Waals surface area (Å²) in [5.41, 5.74) is 3.17. The number of hydrogen-bond donors (Lipinski definition) is 2. The Morgan fingerprint density at radius 2 is 2.05 bits per heavy atom. The lowest BCUT2D eigenvalue weighted by molar-refractivity contribution is -0.115. The minimum Gasteiger partial charge on any atom is -0.382 e. The SMILES string of the molecule is CCC(=O)Nc1cccc(NC2CCCN(C)CC2)c1C. The van der Waals surface area contributed by atoms with Crippen LogP contribution < -0.4 is 10.6 Å². The van der Waals surface area contributed by atoms with Gasteiger partial charge in [0, 0.05) is 23.8 Å². The van der Waals surface area contributed by atoms with Crippen molar-refractivity contribution in [2.24, 2.45) is 0 Å². The third kappa shape index (κ3) is 4.46. The standard InChI is InChI=1S/C17H27N3O/c1-4-17(21)19-16-9-5-8-15(13(16)2)18-14-7-6-11-20(3)12-10-14/h5,8-9,14,18H,4,6-7,10-12H2,1-3H3,(H,19,21). The second-order valence-electron chi connectivity index (χ2n) is 5.96. The lowest BCUT2D eigenvalue weighted by atomic mass is 10.1. The quantitative estimate of drug-likeness (QED) is 0.894. The zero-order chi connectivity index (χ0) is 15.2. The average Bonchev–Trinajstić information content (AvgIpc) is 2.68. The summed E-state index contributed by atoms with van der Waals surface area (Å²) in [5, 5.41) is 6.63. The number of carbonyl (C=O) groups is 1. The number of rotatable bonds is 4. The molecule has 0 radical (unpaired) electrons. The van der Waals surface area contributed by atoms with E-state index >= 15 is 0 Å². The van der Waals surface area contributed by atoms with Gasteiger partial charge < -0.3 is 15.5 Å². The molecule has 4 nitrogen and oxygen atoms in total. The Bertz CT molecular complexity index is 487. The molecular weight excluding hydrogens is 262 g/mol. The second kappa shape index (κ2) is 7.46. The predicted octanol–water partition coefficient (Wildman–Crippen LogP) is 3.24. The number of hydrogen-bond acceptors (Lipinski definition) is 3. The van der Waals surface area contributed by atoms with E-state index in [1.807, 2.05) is 19.1 Å². The molecule has 1 aromatic carbocycles. The summed E-state index contributed by atoms with van der Waals surface area (Å²) in [5.74, 6) is 0.0614. The van der Waals surface area contributed by atoms with Crippen LogP contribution in [0.5, 0.6) is 0 Å². The van der Waals surface area contributed by atoms with Crippen molar-refractivity contribution in [3.8, 4) is 0 Å². The highest BCUT2D eigenvalue weighted by atomic mass is 16.1. The molecule has 1 unspecified atom stereocenters. The Hall–Kier alpha value is -1.55. The fourth-order valence-electron chi connectivity index (χ4n) is 2.77. The molecule has 0 spiro atoms. The molecule has 1 amide bonds. The summed E-state index contributed by atoms with van der Waals surface area (Å²) >= 11 is 0. The number of nitrogens with zero attached hydrogens (tertiary/aromatic N) is 1. The zero-order valence-corrected chi connectivity index (χ0v) is 13.4. The van der Waals surface area contributed by atoms with Crippen molar-refractivity contribution in [1.29, 1.82) is 0 Å². The number of benzene rings is 1. The van der Waals surface area contributed by atoms with Gasteiger partial charge in [0.2, 0.25) is 5.91 Å². The molecule has 1 aliphatic heterocycles. The van der Waals surface area contributed by atoms with Crippen molar-refractivity contribution in [2.75, 3.05) is 30.8 Å². The van der Waals surface area contributed by atoms with Crippen molar-refractivity contribution in [3.63, 3.8) is 0 Å². The van der Waals surface area contributed by atoms with Crippen molar-refractivity contribution < 1.29 is 4.79 Å². The van der Waals surface area contributed by atoms with E-state index in [1.54, 1.807) is 0 Å². The third-order valence-electron chi connectivity index (χ3n) is 4.24. The van der Waals surface area contributed by atoms with Gasteiger partial charge in [-0.15, -0.1) is 0 Å². The maximum Gasteiger partial charge on any atom is 0.224 e. The van der Waals surface area contributed by atoms with Gasteiger partial charge >= 0.3 is 0 Å². The van der Waals surface area contributed by atoms with Crippen molar-refractivity contribution >= 4 is 17.3 Å². The van der Waals surface area contributed by atoms with E-state index in [-0.39, 0.29) is 5.91 Å². The molecule has 1 atom stereocenters. The number of amides is 1. The van der Waals surface area contributed by atoms with Gasteiger partial charge in [-0.1, -0.05) is 13.0 Å². The molecule has 1 fully saturated rings. The van der Waals surface area contributed by atoms with E-state index in [1.165, 1.54) is 25.8 Å². The fourth-order valence-corrected chi connectivity index (χ4v) is 2.77. The van der Waals surface area contributed by atoms with Crippen molar-refractivity contribution in [2.45, 2.75) is 45.6 Å². The van der Waals surface area contributed by atoms with Crippen LogP contribution in [0.15, 0.2) is 18.2 Å². The first kappa shape index (κ1) is 15.8. The molecule has 2 N–H and O–H groups in total. The molecule has 1 aliphatic rings. The highest BCUT2D eigenvalue weighted by Crippen LogP contribution is 2.25. The van der Waals surface area contributed by atoms with E-state index in [4.69, 9.17) is 0 Å². The van der Waals surface area contributed by atoms with Gasteiger partial charge in [-0.2, -0.15) is 0 Å². The second-order valence-corrected chi connectivity index (χ2v) is 5.96. The van der Waals surface area contributed by atoms with Crippen molar-refractivity contribution in [3.05, 3.63) is 23.8 Å². The lowest BCUT2D eigenvalue weighted by Gasteiger charge is -2.21. The molecule has 0 aromatic heterocycles. The van der Waals surface area contributed by atoms with E-state index in [2.05, 4.69) is 35.6 Å². The van der Waals surface area contributed by atoms with Gasteiger partial charge in [0.25, 0.3) is 0 Å². The zero-order valence-electron chi connectivity index (χ0n) is 13.4. The molecule has 2 rings (SSSR count). The largest absolute Gasteiger partial charge is 0.382 e. The topological polar surface area (TPSA) is 44.4 Å². The van der Waals surface area contributed by atoms with Gasteiger partial charge in [-0.3, -0.25) is 4.79 Å². The van der Waals surface area contributed by atoms with Crippen LogP contribution in [0.25, 0.3) is 0 Å². The summed E-state index contributed by atoms with van der Waals surface area (Å²) in [4.78, 5) is 14.0. The smallest absolute Gasteiger partial charge is 0.224 e. The molecule has 0 saturated carbocycles. The summed E-state index contributed by atoms with van der Waals surface area (Å²) in [6, 6.07) is 6.59. The van der Waals surface area contributed by atoms with Crippen LogP contribution >= 0.6 is 0 Å². The normalized spacial score (nSPS) is 19.9. The van der Waals surface area contributed by atoms with E-state index in [9.17, 15) is 4.79 Å². The summed E-state index contributed by atoms with van der Waals surface area (Å²) in [6.45, 7) is 6.26. The first-order valence-corrected chi connectivity index (χ1v) is 7.94. The summed E-state index contributed by atoms with van der Waals surface area (Å²) < 4.78 is 0. The van der Waals surface area contributed by atoms with E-state index in [0.717, 1.165) is 23.5 Å². The van der Waals surface area contributed by atoms with Crippen molar-refractivity contribution in [1.82, 2.24) is 4.90 Å². The Morgan fingerprint density at radius 1 is 1.29 bits per heavy atom.